The summed E-state index contributed by atoms with van der Waals surface area (Å²) in [6.07, 6.45) is -0.830. The summed E-state index contributed by atoms with van der Waals surface area (Å²) in [5.41, 5.74) is 4.08. The van der Waals surface area contributed by atoms with E-state index in [1.54, 1.807) is 0 Å². The van der Waals surface area contributed by atoms with Crippen LogP contribution < -0.4 is 5.73 Å². The molecule has 1 atom stereocenters. The van der Waals surface area contributed by atoms with E-state index in [-0.39, 0.29) is 5.92 Å². The fourth-order valence-corrected chi connectivity index (χ4v) is 0.335. The lowest BCUT2D eigenvalue weighted by Crippen LogP contribution is -2.22. The highest BCUT2D eigenvalue weighted by Crippen LogP contribution is 2.09. The van der Waals surface area contributed by atoms with Crippen molar-refractivity contribution in [2.75, 3.05) is 0 Å². The van der Waals surface area contributed by atoms with E-state index < -0.39 is 11.7 Å². The van der Waals surface area contributed by atoms with Gasteiger partial charge in [-0.2, -0.15) is 0 Å². The summed E-state index contributed by atoms with van der Waals surface area (Å²) in [4.78, 5) is 10.0. The molecule has 0 aromatic rings. The number of nitrogens with two attached hydrogens (primary N) is 1. The van der Waals surface area contributed by atoms with E-state index in [4.69, 9.17) is 11.6 Å². The molecule has 0 spiro atoms. The standard InChI is InChI=1S/C5H10ClNO2/c1-3(2)4(6)9-5(7)8/h3-4H,1-2H3,(H2,7,8). The molecule has 0 bridgehead atoms. The minimum absolute atomic E-state index is 0.0965. The molecule has 0 heterocycles. The predicted molar refractivity (Wildman–Crippen MR) is 35.1 cm³/mol. The molecular formula is C5H10ClNO2. The maximum absolute atomic E-state index is 10.0. The van der Waals surface area contributed by atoms with Gasteiger partial charge in [0.25, 0.3) is 0 Å². The number of carbonyl (C=O) groups excluding carboxylic acids is 1. The van der Waals surface area contributed by atoms with Crippen molar-refractivity contribution in [1.29, 1.82) is 0 Å². The number of primary amides is 1. The number of hydrogen-bond donors (Lipinski definition) is 1. The summed E-state index contributed by atoms with van der Waals surface area (Å²) in [5, 5.41) is 0. The first-order valence-corrected chi connectivity index (χ1v) is 3.08. The summed E-state index contributed by atoms with van der Waals surface area (Å²) in [7, 11) is 0. The Hall–Kier alpha value is -0.440. The van der Waals surface area contributed by atoms with Gasteiger partial charge in [0.1, 0.15) is 0 Å². The quantitative estimate of drug-likeness (QED) is 0.605. The lowest BCUT2D eigenvalue weighted by atomic mass is 10.2. The van der Waals surface area contributed by atoms with Gasteiger partial charge in [0.05, 0.1) is 0 Å². The predicted octanol–water partition coefficient (Wildman–Crippen LogP) is 1.30. The molecule has 3 nitrogen and oxygen atoms in total. The zero-order chi connectivity index (χ0) is 7.44. The summed E-state index contributed by atoms with van der Waals surface area (Å²) in [6, 6.07) is 0. The second-order valence-electron chi connectivity index (χ2n) is 2.03. The van der Waals surface area contributed by atoms with Gasteiger partial charge in [-0.05, 0) is 0 Å². The van der Waals surface area contributed by atoms with Crippen LogP contribution in [0.3, 0.4) is 0 Å². The van der Waals surface area contributed by atoms with Gasteiger partial charge < -0.3 is 10.5 Å². The molecule has 0 fully saturated rings. The number of carbonyl (C=O) groups is 1. The van der Waals surface area contributed by atoms with Crippen molar-refractivity contribution in [3.05, 3.63) is 0 Å². The van der Waals surface area contributed by atoms with Crippen LogP contribution in [0.2, 0.25) is 0 Å². The minimum atomic E-state index is -0.830. The SMILES string of the molecule is CC(C)C(Cl)OC(N)=O. The normalized spacial score (nSPS) is 13.3. The first-order valence-electron chi connectivity index (χ1n) is 2.64. The summed E-state index contributed by atoms with van der Waals surface area (Å²) in [5.74, 6) is 0.0965. The molecule has 2 N–H and O–H groups in total. The molecule has 0 aromatic heterocycles. The molecular weight excluding hydrogens is 142 g/mol. The van der Waals surface area contributed by atoms with E-state index in [0.29, 0.717) is 0 Å². The molecule has 0 aromatic carbocycles. The fraction of sp³-hybridized carbons (Fsp3) is 0.800. The van der Waals surface area contributed by atoms with Crippen molar-refractivity contribution in [2.24, 2.45) is 11.7 Å². The molecule has 0 rings (SSSR count). The van der Waals surface area contributed by atoms with E-state index in [9.17, 15) is 4.79 Å². The van der Waals surface area contributed by atoms with Crippen LogP contribution in [-0.4, -0.2) is 11.7 Å². The average Bonchev–Trinajstić information content (AvgIpc) is 1.63. The number of rotatable bonds is 2. The van der Waals surface area contributed by atoms with Crippen molar-refractivity contribution in [3.63, 3.8) is 0 Å². The highest BCUT2D eigenvalue weighted by atomic mass is 35.5. The van der Waals surface area contributed by atoms with E-state index in [0.717, 1.165) is 0 Å². The molecule has 0 aliphatic rings. The largest absolute Gasteiger partial charge is 0.430 e. The molecule has 4 heteroatoms. The van der Waals surface area contributed by atoms with Crippen LogP contribution in [0, 0.1) is 5.92 Å². The molecule has 0 saturated heterocycles. The van der Waals surface area contributed by atoms with E-state index in [1.165, 1.54) is 0 Å². The number of alkyl halides is 1. The summed E-state index contributed by atoms with van der Waals surface area (Å²) >= 11 is 5.49. The lowest BCUT2D eigenvalue weighted by Gasteiger charge is -2.11. The van der Waals surface area contributed by atoms with Gasteiger partial charge in [0.15, 0.2) is 5.56 Å². The van der Waals surface area contributed by atoms with Gasteiger partial charge in [0.2, 0.25) is 0 Å². The van der Waals surface area contributed by atoms with Gasteiger partial charge in [-0.25, -0.2) is 4.79 Å². The Bertz CT molecular complexity index is 105. The van der Waals surface area contributed by atoms with Crippen molar-refractivity contribution >= 4 is 17.7 Å². The zero-order valence-electron chi connectivity index (χ0n) is 5.43. The van der Waals surface area contributed by atoms with Crippen molar-refractivity contribution < 1.29 is 9.53 Å². The van der Waals surface area contributed by atoms with Crippen molar-refractivity contribution in [1.82, 2.24) is 0 Å². The molecule has 0 radical (unpaired) electrons. The van der Waals surface area contributed by atoms with Crippen molar-refractivity contribution in [3.8, 4) is 0 Å². The number of ether oxygens (including phenoxy) is 1. The molecule has 54 valence electrons. The Labute approximate surface area is 59.1 Å². The van der Waals surface area contributed by atoms with Gasteiger partial charge >= 0.3 is 6.09 Å². The zero-order valence-corrected chi connectivity index (χ0v) is 6.18. The third-order valence-electron chi connectivity index (χ3n) is 0.753. The van der Waals surface area contributed by atoms with Gasteiger partial charge in [-0.3, -0.25) is 0 Å². The molecule has 0 saturated carbocycles. The molecule has 1 unspecified atom stereocenters. The highest BCUT2D eigenvalue weighted by Gasteiger charge is 2.11. The second-order valence-corrected chi connectivity index (χ2v) is 2.46. The summed E-state index contributed by atoms with van der Waals surface area (Å²) < 4.78 is 4.42. The van der Waals surface area contributed by atoms with Crippen LogP contribution in [0.4, 0.5) is 4.79 Å². The number of halogens is 1. The molecule has 1 amide bonds. The lowest BCUT2D eigenvalue weighted by molar-refractivity contribution is 0.123. The fourth-order valence-electron chi connectivity index (χ4n) is 0.247. The Morgan fingerprint density at radius 3 is 2.22 bits per heavy atom. The third-order valence-corrected chi connectivity index (χ3v) is 1.35. The maximum atomic E-state index is 10.0. The number of hydrogen-bond acceptors (Lipinski definition) is 2. The van der Waals surface area contributed by atoms with E-state index in [2.05, 4.69) is 10.5 Å². The van der Waals surface area contributed by atoms with E-state index in [1.807, 2.05) is 13.8 Å². The molecule has 0 aliphatic heterocycles. The third kappa shape index (κ3) is 4.09. The molecule has 0 aliphatic carbocycles. The first-order chi connectivity index (χ1) is 4.04. The van der Waals surface area contributed by atoms with Gasteiger partial charge in [-0.15, -0.1) is 0 Å². The summed E-state index contributed by atoms with van der Waals surface area (Å²) in [6.45, 7) is 3.67. The minimum Gasteiger partial charge on any atom is -0.430 e. The Balaban J connectivity index is 3.50. The molecule has 9 heavy (non-hydrogen) atoms. The maximum Gasteiger partial charge on any atom is 0.405 e. The highest BCUT2D eigenvalue weighted by molar-refractivity contribution is 6.20. The van der Waals surface area contributed by atoms with Crippen LogP contribution in [0.5, 0.6) is 0 Å². The van der Waals surface area contributed by atoms with Crippen LogP contribution >= 0.6 is 11.6 Å². The Morgan fingerprint density at radius 2 is 2.11 bits per heavy atom. The van der Waals surface area contributed by atoms with Crippen molar-refractivity contribution in [2.45, 2.75) is 19.4 Å². The van der Waals surface area contributed by atoms with Gasteiger partial charge in [-0.1, -0.05) is 25.4 Å². The van der Waals surface area contributed by atoms with Crippen LogP contribution in [0.1, 0.15) is 13.8 Å². The first kappa shape index (κ1) is 8.56. The van der Waals surface area contributed by atoms with Crippen LogP contribution in [0.15, 0.2) is 0 Å². The topological polar surface area (TPSA) is 52.3 Å². The second kappa shape index (κ2) is 3.56. The Kier molecular flexibility index (Phi) is 3.39. The van der Waals surface area contributed by atoms with Crippen LogP contribution in [0.25, 0.3) is 0 Å². The van der Waals surface area contributed by atoms with E-state index >= 15 is 0 Å². The van der Waals surface area contributed by atoms with Crippen LogP contribution in [-0.2, 0) is 4.74 Å². The smallest absolute Gasteiger partial charge is 0.405 e. The number of amides is 1. The van der Waals surface area contributed by atoms with Gasteiger partial charge in [0, 0.05) is 5.92 Å². The monoisotopic (exact) mass is 151 g/mol. The Morgan fingerprint density at radius 1 is 1.67 bits per heavy atom. The average molecular weight is 152 g/mol.